The van der Waals surface area contributed by atoms with E-state index >= 15 is 0 Å². The molecule has 1 unspecified atom stereocenters. The van der Waals surface area contributed by atoms with Crippen LogP contribution in [0.3, 0.4) is 0 Å². The molecule has 4 aromatic rings. The highest BCUT2D eigenvalue weighted by Gasteiger charge is 2.10. The van der Waals surface area contributed by atoms with Crippen LogP contribution in [-0.2, 0) is 11.2 Å². The first kappa shape index (κ1) is 19.9. The van der Waals surface area contributed by atoms with E-state index in [1.165, 1.54) is 11.9 Å². The van der Waals surface area contributed by atoms with Crippen molar-refractivity contribution in [3.63, 3.8) is 0 Å². The van der Waals surface area contributed by atoms with Gasteiger partial charge in [-0.05, 0) is 43.2 Å². The largest absolute Gasteiger partial charge is 0.492 e. The van der Waals surface area contributed by atoms with E-state index in [1.807, 2.05) is 55.3 Å². The summed E-state index contributed by atoms with van der Waals surface area (Å²) in [6.07, 6.45) is 2.20. The number of nitrogens with one attached hydrogen (secondary N) is 1. The van der Waals surface area contributed by atoms with Crippen LogP contribution in [0.5, 0.6) is 5.75 Å². The van der Waals surface area contributed by atoms with Crippen LogP contribution in [0.2, 0.25) is 0 Å². The van der Waals surface area contributed by atoms with Crippen LogP contribution in [0, 0.1) is 0 Å². The smallest absolute Gasteiger partial charge is 0.298 e. The maximum atomic E-state index is 5.86. The van der Waals surface area contributed by atoms with Crippen LogP contribution in [0.1, 0.15) is 24.4 Å². The minimum absolute atomic E-state index is 0.103. The second kappa shape index (κ2) is 9.41. The molecule has 30 heavy (non-hydrogen) atoms. The van der Waals surface area contributed by atoms with Gasteiger partial charge in [0.2, 0.25) is 0 Å². The predicted molar refractivity (Wildman–Crippen MR) is 114 cm³/mol. The summed E-state index contributed by atoms with van der Waals surface area (Å²) >= 11 is 0. The first-order chi connectivity index (χ1) is 14.7. The number of ether oxygens (including phenoxy) is 2. The van der Waals surface area contributed by atoms with Crippen LogP contribution in [0.25, 0.3) is 11.1 Å². The van der Waals surface area contributed by atoms with Gasteiger partial charge in [0.1, 0.15) is 30.3 Å². The number of aromatic amines is 1. The van der Waals surface area contributed by atoms with Crippen LogP contribution >= 0.6 is 0 Å². The molecule has 0 aliphatic carbocycles. The van der Waals surface area contributed by atoms with E-state index < -0.39 is 0 Å². The molecule has 0 bridgehead atoms. The molecule has 156 valence electrons. The molecule has 1 N–H and O–H groups in total. The molecule has 2 aromatic carbocycles. The number of nitrogens with zero attached hydrogens (tertiary/aromatic N) is 4. The first-order valence-corrected chi connectivity index (χ1v) is 9.94. The molecule has 0 fully saturated rings. The third-order valence-electron chi connectivity index (χ3n) is 4.81. The number of aromatic nitrogens is 4. The summed E-state index contributed by atoms with van der Waals surface area (Å²) in [4.78, 5) is 10.5. The van der Waals surface area contributed by atoms with Gasteiger partial charge >= 0.3 is 0 Å². The summed E-state index contributed by atoms with van der Waals surface area (Å²) in [6.45, 7) is 3.76. The summed E-state index contributed by atoms with van der Waals surface area (Å²) in [7, 11) is 1.94. The number of likely N-dealkylation sites (N-methyl/N-ethyl adjacent to an activating group) is 1. The number of hydrogen-bond acceptors (Lipinski definition) is 7. The molecule has 2 aromatic heterocycles. The lowest BCUT2D eigenvalue weighted by atomic mass is 10.1. The Morgan fingerprint density at radius 3 is 2.70 bits per heavy atom. The molecule has 0 saturated carbocycles. The quantitative estimate of drug-likeness (QED) is 0.428. The Morgan fingerprint density at radius 1 is 1.10 bits per heavy atom. The van der Waals surface area contributed by atoms with E-state index in [0.29, 0.717) is 25.8 Å². The monoisotopic (exact) mass is 407 g/mol. The Kier molecular flexibility index (Phi) is 6.24. The maximum absolute atomic E-state index is 5.86. The van der Waals surface area contributed by atoms with Crippen molar-refractivity contribution in [1.82, 2.24) is 20.2 Å². The first-order valence-electron chi connectivity index (χ1n) is 9.94. The zero-order valence-electron chi connectivity index (χ0n) is 17.1. The molecule has 0 radical (unpaired) electrons. The van der Waals surface area contributed by atoms with Crippen molar-refractivity contribution in [2.24, 2.45) is 0 Å². The minimum Gasteiger partial charge on any atom is -0.492 e. The Balaban J connectivity index is 1.20. The second-order valence-electron chi connectivity index (χ2n) is 7.01. The van der Waals surface area contributed by atoms with Crippen molar-refractivity contribution in [2.75, 3.05) is 31.7 Å². The third kappa shape index (κ3) is 4.96. The van der Waals surface area contributed by atoms with Gasteiger partial charge in [0, 0.05) is 7.05 Å². The van der Waals surface area contributed by atoms with Crippen molar-refractivity contribution < 1.29 is 13.9 Å². The summed E-state index contributed by atoms with van der Waals surface area (Å²) in [6, 6.07) is 16.4. The van der Waals surface area contributed by atoms with E-state index in [4.69, 9.17) is 13.9 Å². The number of hydrogen-bond donors (Lipinski definition) is 1. The van der Waals surface area contributed by atoms with Crippen LogP contribution < -0.4 is 9.64 Å². The normalized spacial score (nSPS) is 12.2. The zero-order chi connectivity index (χ0) is 20.8. The Labute approximate surface area is 174 Å². The number of para-hydroxylation sites is 2. The van der Waals surface area contributed by atoms with Crippen molar-refractivity contribution in [2.45, 2.75) is 19.4 Å². The lowest BCUT2D eigenvalue weighted by molar-refractivity contribution is 0.0623. The number of anilines is 1. The summed E-state index contributed by atoms with van der Waals surface area (Å²) in [5.41, 5.74) is 2.83. The predicted octanol–water partition coefficient (Wildman–Crippen LogP) is 3.78. The number of oxazole rings is 1. The van der Waals surface area contributed by atoms with Gasteiger partial charge in [0.05, 0.1) is 13.2 Å². The molecule has 0 saturated heterocycles. The van der Waals surface area contributed by atoms with Gasteiger partial charge in [-0.2, -0.15) is 10.1 Å². The van der Waals surface area contributed by atoms with E-state index in [2.05, 4.69) is 32.3 Å². The molecule has 2 heterocycles. The highest BCUT2D eigenvalue weighted by Crippen LogP contribution is 2.20. The molecule has 0 spiro atoms. The van der Waals surface area contributed by atoms with E-state index in [1.54, 1.807) is 0 Å². The molecule has 8 heteroatoms. The number of H-pyrrole nitrogens is 1. The molecule has 4 rings (SSSR count). The maximum Gasteiger partial charge on any atom is 0.298 e. The van der Waals surface area contributed by atoms with Crippen molar-refractivity contribution in [3.05, 3.63) is 66.2 Å². The molecule has 1 atom stereocenters. The van der Waals surface area contributed by atoms with Gasteiger partial charge in [-0.3, -0.25) is 5.10 Å². The average Bonchev–Trinajstić information content (AvgIpc) is 3.45. The van der Waals surface area contributed by atoms with Crippen LogP contribution in [-0.4, -0.2) is 47.0 Å². The topological polar surface area (TPSA) is 89.3 Å². The fourth-order valence-electron chi connectivity index (χ4n) is 3.02. The summed E-state index contributed by atoms with van der Waals surface area (Å²) in [5.74, 6) is 1.57. The Hall–Kier alpha value is -3.39. The van der Waals surface area contributed by atoms with Crippen LogP contribution in [0.15, 0.2) is 59.3 Å². The summed E-state index contributed by atoms with van der Waals surface area (Å²) in [5, 5.41) is 6.66. The number of rotatable bonds is 10. The average molecular weight is 407 g/mol. The molecule has 0 aliphatic heterocycles. The van der Waals surface area contributed by atoms with E-state index in [-0.39, 0.29) is 6.10 Å². The molecule has 0 amide bonds. The van der Waals surface area contributed by atoms with Gasteiger partial charge in [-0.1, -0.05) is 24.3 Å². The molecular weight excluding hydrogens is 382 g/mol. The standard InChI is InChI=1S/C22H25N5O3/c1-16(21-23-15-24-26-21)28-13-11-17-7-9-18(10-8-17)29-14-12-27(2)22-25-19-5-3-4-6-20(19)30-22/h3-10,15-16H,11-14H2,1-2H3,(H,23,24,26). The van der Waals surface area contributed by atoms with Crippen molar-refractivity contribution in [1.29, 1.82) is 0 Å². The van der Waals surface area contributed by atoms with E-state index in [0.717, 1.165) is 29.1 Å². The fraction of sp³-hybridized carbons (Fsp3) is 0.318. The zero-order valence-corrected chi connectivity index (χ0v) is 17.1. The Morgan fingerprint density at radius 2 is 1.93 bits per heavy atom. The number of fused-ring (bicyclic) bond motifs is 1. The van der Waals surface area contributed by atoms with Gasteiger partial charge in [0.25, 0.3) is 6.01 Å². The summed E-state index contributed by atoms with van der Waals surface area (Å²) < 4.78 is 17.4. The minimum atomic E-state index is -0.103. The lowest BCUT2D eigenvalue weighted by Gasteiger charge is -2.15. The van der Waals surface area contributed by atoms with Gasteiger partial charge in [-0.25, -0.2) is 4.98 Å². The molecule has 8 nitrogen and oxygen atoms in total. The van der Waals surface area contributed by atoms with Gasteiger partial charge < -0.3 is 18.8 Å². The second-order valence-corrected chi connectivity index (χ2v) is 7.01. The Bertz CT molecular complexity index is 1010. The molecule has 0 aliphatic rings. The fourth-order valence-corrected chi connectivity index (χ4v) is 3.02. The van der Waals surface area contributed by atoms with E-state index in [9.17, 15) is 0 Å². The van der Waals surface area contributed by atoms with Gasteiger partial charge in [0.15, 0.2) is 11.4 Å². The molecular formula is C22H25N5O3. The number of benzene rings is 2. The highest BCUT2D eigenvalue weighted by atomic mass is 16.5. The third-order valence-corrected chi connectivity index (χ3v) is 4.81. The van der Waals surface area contributed by atoms with Crippen molar-refractivity contribution >= 4 is 17.1 Å². The van der Waals surface area contributed by atoms with Crippen molar-refractivity contribution in [3.8, 4) is 5.75 Å². The SMILES string of the molecule is CC(OCCc1ccc(OCCN(C)c2nc3ccccc3o2)cc1)c1ncn[nH]1. The van der Waals surface area contributed by atoms with Gasteiger partial charge in [-0.15, -0.1) is 0 Å². The highest BCUT2D eigenvalue weighted by molar-refractivity contribution is 5.74. The van der Waals surface area contributed by atoms with Crippen LogP contribution in [0.4, 0.5) is 6.01 Å². The lowest BCUT2D eigenvalue weighted by Crippen LogP contribution is -2.23.